The molecule has 0 aromatic heterocycles. The molecule has 84 valence electrons. The zero-order valence-electron chi connectivity index (χ0n) is 8.23. The molecule has 0 fully saturated rings. The van der Waals surface area contributed by atoms with E-state index in [1.807, 2.05) is 0 Å². The zero-order valence-corrected chi connectivity index (χ0v) is 9.74. The van der Waals surface area contributed by atoms with Crippen LogP contribution in [0.3, 0.4) is 0 Å². The lowest BCUT2D eigenvalue weighted by molar-refractivity contribution is 0.247. The first kappa shape index (κ1) is 12.7. The van der Waals surface area contributed by atoms with Gasteiger partial charge in [0, 0.05) is 17.2 Å². The van der Waals surface area contributed by atoms with Crippen LogP contribution in [0.2, 0.25) is 10.0 Å². The highest BCUT2D eigenvalue weighted by Crippen LogP contribution is 2.32. The van der Waals surface area contributed by atoms with Crippen molar-refractivity contribution in [1.29, 1.82) is 0 Å². The maximum absolute atomic E-state index is 13.2. The van der Waals surface area contributed by atoms with Gasteiger partial charge in [-0.05, 0) is 31.0 Å². The van der Waals surface area contributed by atoms with Crippen molar-refractivity contribution in [3.8, 4) is 0 Å². The molecular formula is C10H12Cl2FNO. The van der Waals surface area contributed by atoms with Gasteiger partial charge in [0.05, 0.1) is 5.02 Å². The summed E-state index contributed by atoms with van der Waals surface area (Å²) in [7, 11) is 0. The van der Waals surface area contributed by atoms with Crippen LogP contribution >= 0.6 is 23.2 Å². The van der Waals surface area contributed by atoms with Crippen LogP contribution in [0.15, 0.2) is 12.1 Å². The molecule has 0 aliphatic rings. The summed E-state index contributed by atoms with van der Waals surface area (Å²) in [5.74, 6) is -0.564. The summed E-state index contributed by atoms with van der Waals surface area (Å²) in [5.41, 5.74) is 5.49. The van der Waals surface area contributed by atoms with Gasteiger partial charge in [-0.3, -0.25) is 0 Å². The van der Waals surface area contributed by atoms with Gasteiger partial charge in [-0.1, -0.05) is 23.2 Å². The van der Waals surface area contributed by atoms with Crippen LogP contribution in [0.1, 0.15) is 18.9 Å². The standard InChI is InChI=1S/C10H12Cl2FNO/c1-10(14,2-3-15)6-4-9(13)8(12)5-7(6)11/h4-5,15H,2-3,14H2,1H3. The van der Waals surface area contributed by atoms with Crippen LogP contribution in [0.4, 0.5) is 4.39 Å². The maximum Gasteiger partial charge on any atom is 0.142 e. The van der Waals surface area contributed by atoms with E-state index in [1.165, 1.54) is 12.1 Å². The molecule has 0 heterocycles. The van der Waals surface area contributed by atoms with Crippen LogP contribution in [-0.2, 0) is 5.54 Å². The van der Waals surface area contributed by atoms with Gasteiger partial charge in [0.15, 0.2) is 0 Å². The third-order valence-corrected chi connectivity index (χ3v) is 2.86. The Bertz CT molecular complexity index is 369. The van der Waals surface area contributed by atoms with Gasteiger partial charge in [-0.25, -0.2) is 4.39 Å². The van der Waals surface area contributed by atoms with Gasteiger partial charge < -0.3 is 10.8 Å². The predicted molar refractivity (Wildman–Crippen MR) is 59.7 cm³/mol. The summed E-state index contributed by atoms with van der Waals surface area (Å²) in [5, 5.41) is 9.10. The Kier molecular flexibility index (Phi) is 3.95. The first-order chi connectivity index (χ1) is 6.88. The third-order valence-electron chi connectivity index (χ3n) is 2.26. The zero-order chi connectivity index (χ0) is 11.6. The topological polar surface area (TPSA) is 46.2 Å². The van der Waals surface area contributed by atoms with Crippen molar-refractivity contribution < 1.29 is 9.50 Å². The number of halogens is 3. The van der Waals surface area contributed by atoms with Gasteiger partial charge in [0.25, 0.3) is 0 Å². The van der Waals surface area contributed by atoms with E-state index in [2.05, 4.69) is 0 Å². The van der Waals surface area contributed by atoms with Gasteiger partial charge >= 0.3 is 0 Å². The van der Waals surface area contributed by atoms with Crippen molar-refractivity contribution >= 4 is 23.2 Å². The SMILES string of the molecule is CC(N)(CCO)c1cc(F)c(Cl)cc1Cl. The van der Waals surface area contributed by atoms with Crippen molar-refractivity contribution in [1.82, 2.24) is 0 Å². The molecule has 3 N–H and O–H groups in total. The first-order valence-corrected chi connectivity index (χ1v) is 5.19. The van der Waals surface area contributed by atoms with Crippen LogP contribution in [0.5, 0.6) is 0 Å². The molecule has 1 rings (SSSR count). The van der Waals surface area contributed by atoms with Crippen molar-refractivity contribution in [2.45, 2.75) is 18.9 Å². The maximum atomic E-state index is 13.2. The monoisotopic (exact) mass is 251 g/mol. The molecule has 0 amide bonds. The normalized spacial score (nSPS) is 15.1. The Morgan fingerprint density at radius 2 is 2.00 bits per heavy atom. The van der Waals surface area contributed by atoms with E-state index < -0.39 is 11.4 Å². The molecule has 0 saturated heterocycles. The summed E-state index contributed by atoms with van der Waals surface area (Å²) >= 11 is 11.5. The molecule has 0 aliphatic carbocycles. The van der Waals surface area contributed by atoms with Gasteiger partial charge in [-0.2, -0.15) is 0 Å². The summed E-state index contributed by atoms with van der Waals surface area (Å²) in [6.07, 6.45) is 0.299. The molecule has 0 saturated carbocycles. The van der Waals surface area contributed by atoms with E-state index in [-0.39, 0.29) is 11.6 Å². The number of benzene rings is 1. The van der Waals surface area contributed by atoms with E-state index in [1.54, 1.807) is 6.92 Å². The highest BCUT2D eigenvalue weighted by Gasteiger charge is 2.24. The second-order valence-electron chi connectivity index (χ2n) is 3.64. The molecule has 0 bridgehead atoms. The lowest BCUT2D eigenvalue weighted by Crippen LogP contribution is -2.34. The fraction of sp³-hybridized carbons (Fsp3) is 0.400. The minimum absolute atomic E-state index is 0.0384. The summed E-state index contributed by atoms with van der Waals surface area (Å²) in [6, 6.07) is 2.52. The molecule has 15 heavy (non-hydrogen) atoms. The smallest absolute Gasteiger partial charge is 0.142 e. The average molecular weight is 252 g/mol. The van der Waals surface area contributed by atoms with Gasteiger partial charge in [0.1, 0.15) is 5.82 Å². The number of aliphatic hydroxyl groups is 1. The molecule has 0 aliphatic heterocycles. The highest BCUT2D eigenvalue weighted by molar-refractivity contribution is 6.35. The fourth-order valence-corrected chi connectivity index (χ4v) is 1.93. The Morgan fingerprint density at radius 1 is 1.40 bits per heavy atom. The van der Waals surface area contributed by atoms with E-state index >= 15 is 0 Å². The number of nitrogens with two attached hydrogens (primary N) is 1. The van der Waals surface area contributed by atoms with Crippen molar-refractivity contribution in [2.75, 3.05) is 6.61 Å². The Hall–Kier alpha value is -0.350. The van der Waals surface area contributed by atoms with Crippen LogP contribution in [0, 0.1) is 5.82 Å². The molecule has 1 aromatic rings. The fourth-order valence-electron chi connectivity index (χ4n) is 1.33. The lowest BCUT2D eigenvalue weighted by atomic mass is 9.90. The predicted octanol–water partition coefficient (Wildman–Crippen LogP) is 2.69. The molecule has 0 spiro atoms. The molecule has 0 radical (unpaired) electrons. The van der Waals surface area contributed by atoms with E-state index in [4.69, 9.17) is 34.0 Å². The Labute approximate surface area is 97.8 Å². The third kappa shape index (κ3) is 2.82. The molecule has 2 nitrogen and oxygen atoms in total. The first-order valence-electron chi connectivity index (χ1n) is 4.43. The number of rotatable bonds is 3. The quantitative estimate of drug-likeness (QED) is 0.812. The number of hydrogen-bond acceptors (Lipinski definition) is 2. The molecule has 1 aromatic carbocycles. The minimum Gasteiger partial charge on any atom is -0.396 e. The second kappa shape index (κ2) is 4.66. The van der Waals surface area contributed by atoms with Crippen LogP contribution in [-0.4, -0.2) is 11.7 Å². The molecule has 5 heteroatoms. The van der Waals surface area contributed by atoms with E-state index in [0.29, 0.717) is 17.0 Å². The molecular weight excluding hydrogens is 240 g/mol. The van der Waals surface area contributed by atoms with E-state index in [9.17, 15) is 4.39 Å². The largest absolute Gasteiger partial charge is 0.396 e. The van der Waals surface area contributed by atoms with E-state index in [0.717, 1.165) is 0 Å². The summed E-state index contributed by atoms with van der Waals surface area (Å²) in [6.45, 7) is 1.59. The van der Waals surface area contributed by atoms with Crippen molar-refractivity contribution in [3.63, 3.8) is 0 Å². The van der Waals surface area contributed by atoms with Crippen molar-refractivity contribution in [2.24, 2.45) is 5.73 Å². The minimum atomic E-state index is -0.864. The van der Waals surface area contributed by atoms with Crippen LogP contribution < -0.4 is 5.73 Å². The highest BCUT2D eigenvalue weighted by atomic mass is 35.5. The average Bonchev–Trinajstić information content (AvgIpc) is 2.11. The Balaban J connectivity index is 3.19. The van der Waals surface area contributed by atoms with Gasteiger partial charge in [-0.15, -0.1) is 0 Å². The number of aliphatic hydroxyl groups excluding tert-OH is 1. The van der Waals surface area contributed by atoms with Crippen LogP contribution in [0.25, 0.3) is 0 Å². The number of hydrogen-bond donors (Lipinski definition) is 2. The van der Waals surface area contributed by atoms with Gasteiger partial charge in [0.2, 0.25) is 0 Å². The summed E-state index contributed by atoms with van der Waals surface area (Å²) in [4.78, 5) is 0. The molecule has 1 unspecified atom stereocenters. The van der Waals surface area contributed by atoms with Crippen molar-refractivity contribution in [3.05, 3.63) is 33.6 Å². The lowest BCUT2D eigenvalue weighted by Gasteiger charge is -2.25. The summed E-state index contributed by atoms with van der Waals surface area (Å²) < 4.78 is 13.2. The molecule has 1 atom stereocenters. The Morgan fingerprint density at radius 3 is 2.53 bits per heavy atom. The second-order valence-corrected chi connectivity index (χ2v) is 4.45.